The summed E-state index contributed by atoms with van der Waals surface area (Å²) in [4.78, 5) is 20.9. The number of hydrogen-bond donors (Lipinski definition) is 1. The first-order valence-electron chi connectivity index (χ1n) is 9.09. The molecule has 27 heavy (non-hydrogen) atoms. The number of methoxy groups -OCH3 is 2. The van der Waals surface area contributed by atoms with E-state index in [1.165, 1.54) is 0 Å². The zero-order valence-electron chi connectivity index (χ0n) is 15.9. The van der Waals surface area contributed by atoms with Gasteiger partial charge in [-0.05, 0) is 24.3 Å². The van der Waals surface area contributed by atoms with E-state index in [1.54, 1.807) is 26.5 Å². The molecule has 0 unspecified atom stereocenters. The average Bonchev–Trinajstić information content (AvgIpc) is 2.74. The number of rotatable bonds is 7. The Balaban J connectivity index is 1.57. The standard InChI is InChI=1S/C20H26N4O3/c1-26-14-9-21-20(25)17-8-7-16(15-22-17)23-10-12-24(13-11-23)18-5-3-4-6-19(18)27-2/h3-8,15H,9-14H2,1-2H3,(H,21,25). The van der Waals surface area contributed by atoms with Crippen molar-refractivity contribution in [2.75, 3.05) is 63.4 Å². The lowest BCUT2D eigenvalue weighted by Crippen LogP contribution is -2.46. The van der Waals surface area contributed by atoms with E-state index in [-0.39, 0.29) is 5.91 Å². The lowest BCUT2D eigenvalue weighted by molar-refractivity contribution is 0.0932. The Morgan fingerprint density at radius 1 is 1.07 bits per heavy atom. The number of ether oxygens (including phenoxy) is 2. The van der Waals surface area contributed by atoms with Crippen LogP contribution < -0.4 is 19.9 Å². The van der Waals surface area contributed by atoms with Gasteiger partial charge in [0, 0.05) is 39.8 Å². The number of piperazine rings is 1. The van der Waals surface area contributed by atoms with Gasteiger partial charge < -0.3 is 24.6 Å². The molecule has 144 valence electrons. The minimum Gasteiger partial charge on any atom is -0.495 e. The molecular formula is C20H26N4O3. The Kier molecular flexibility index (Phi) is 6.49. The minimum absolute atomic E-state index is 0.181. The van der Waals surface area contributed by atoms with Gasteiger partial charge in [-0.3, -0.25) is 4.79 Å². The Bertz CT molecular complexity index is 743. The highest BCUT2D eigenvalue weighted by Gasteiger charge is 2.20. The predicted molar refractivity (Wildman–Crippen MR) is 106 cm³/mol. The number of aromatic nitrogens is 1. The second kappa shape index (κ2) is 9.23. The average molecular weight is 370 g/mol. The van der Waals surface area contributed by atoms with Crippen molar-refractivity contribution >= 4 is 17.3 Å². The molecular weight excluding hydrogens is 344 g/mol. The van der Waals surface area contributed by atoms with Crippen molar-refractivity contribution in [3.63, 3.8) is 0 Å². The van der Waals surface area contributed by atoms with Gasteiger partial charge in [0.2, 0.25) is 0 Å². The van der Waals surface area contributed by atoms with E-state index < -0.39 is 0 Å². The zero-order chi connectivity index (χ0) is 19.1. The van der Waals surface area contributed by atoms with Gasteiger partial charge >= 0.3 is 0 Å². The van der Waals surface area contributed by atoms with Crippen molar-refractivity contribution in [2.45, 2.75) is 0 Å². The van der Waals surface area contributed by atoms with Crippen LogP contribution in [0.5, 0.6) is 5.75 Å². The number of pyridine rings is 1. The second-order valence-electron chi connectivity index (χ2n) is 6.30. The Labute approximate surface area is 159 Å². The van der Waals surface area contributed by atoms with Crippen LogP contribution in [0.15, 0.2) is 42.6 Å². The van der Waals surface area contributed by atoms with Crippen LogP contribution in [0, 0.1) is 0 Å². The molecule has 0 saturated carbocycles. The molecule has 2 heterocycles. The minimum atomic E-state index is -0.181. The molecule has 0 spiro atoms. The zero-order valence-corrected chi connectivity index (χ0v) is 15.9. The quantitative estimate of drug-likeness (QED) is 0.750. The highest BCUT2D eigenvalue weighted by atomic mass is 16.5. The molecule has 7 heteroatoms. The summed E-state index contributed by atoms with van der Waals surface area (Å²) in [6.07, 6.45) is 1.77. The number of nitrogens with zero attached hydrogens (tertiary/aromatic N) is 3. The SMILES string of the molecule is COCCNC(=O)c1ccc(N2CCN(c3ccccc3OC)CC2)cn1. The van der Waals surface area contributed by atoms with Gasteiger partial charge in [0.25, 0.3) is 5.91 Å². The molecule has 0 radical (unpaired) electrons. The van der Waals surface area contributed by atoms with Crippen molar-refractivity contribution in [3.05, 3.63) is 48.3 Å². The largest absolute Gasteiger partial charge is 0.495 e. The number of amides is 1. The Morgan fingerprint density at radius 2 is 1.81 bits per heavy atom. The van der Waals surface area contributed by atoms with Crippen LogP contribution in [0.1, 0.15) is 10.5 Å². The van der Waals surface area contributed by atoms with Crippen molar-refractivity contribution in [1.82, 2.24) is 10.3 Å². The van der Waals surface area contributed by atoms with Gasteiger partial charge in [-0.1, -0.05) is 12.1 Å². The van der Waals surface area contributed by atoms with Crippen molar-refractivity contribution in [3.8, 4) is 5.75 Å². The summed E-state index contributed by atoms with van der Waals surface area (Å²) in [5, 5.41) is 2.78. The summed E-state index contributed by atoms with van der Waals surface area (Å²) >= 11 is 0. The molecule has 2 aromatic rings. The van der Waals surface area contributed by atoms with Crippen LogP contribution in [-0.2, 0) is 4.74 Å². The van der Waals surface area contributed by atoms with Crippen molar-refractivity contribution < 1.29 is 14.3 Å². The van der Waals surface area contributed by atoms with Gasteiger partial charge in [0.05, 0.1) is 31.3 Å². The van der Waals surface area contributed by atoms with Gasteiger partial charge in [0.15, 0.2) is 0 Å². The number of carbonyl (C=O) groups is 1. The van der Waals surface area contributed by atoms with Crippen LogP contribution in [0.3, 0.4) is 0 Å². The molecule has 1 amide bonds. The number of benzene rings is 1. The fraction of sp³-hybridized carbons (Fsp3) is 0.400. The third kappa shape index (κ3) is 4.68. The highest BCUT2D eigenvalue weighted by molar-refractivity contribution is 5.92. The summed E-state index contributed by atoms with van der Waals surface area (Å²) in [5.74, 6) is 0.719. The molecule has 1 fully saturated rings. The number of anilines is 2. The third-order valence-electron chi connectivity index (χ3n) is 4.64. The molecule has 1 saturated heterocycles. The molecule has 1 aromatic heterocycles. The fourth-order valence-corrected chi connectivity index (χ4v) is 3.16. The normalized spacial score (nSPS) is 14.1. The fourth-order valence-electron chi connectivity index (χ4n) is 3.16. The number of hydrogen-bond acceptors (Lipinski definition) is 6. The summed E-state index contributed by atoms with van der Waals surface area (Å²) in [6.45, 7) is 4.54. The topological polar surface area (TPSA) is 66.9 Å². The summed E-state index contributed by atoms with van der Waals surface area (Å²) in [5.41, 5.74) is 2.58. The van der Waals surface area contributed by atoms with E-state index in [4.69, 9.17) is 9.47 Å². The number of para-hydroxylation sites is 2. The van der Waals surface area contributed by atoms with Gasteiger partial charge in [-0.2, -0.15) is 0 Å². The smallest absolute Gasteiger partial charge is 0.269 e. The summed E-state index contributed by atoms with van der Waals surface area (Å²) in [7, 11) is 3.31. The van der Waals surface area contributed by atoms with E-state index in [0.29, 0.717) is 18.8 Å². The van der Waals surface area contributed by atoms with E-state index in [1.807, 2.05) is 24.3 Å². The summed E-state index contributed by atoms with van der Waals surface area (Å²) < 4.78 is 10.4. The van der Waals surface area contributed by atoms with E-state index in [2.05, 4.69) is 26.2 Å². The van der Waals surface area contributed by atoms with E-state index in [0.717, 1.165) is 43.3 Å². The number of nitrogens with one attached hydrogen (secondary N) is 1. The van der Waals surface area contributed by atoms with E-state index >= 15 is 0 Å². The maximum absolute atomic E-state index is 12.0. The van der Waals surface area contributed by atoms with Crippen LogP contribution in [0.25, 0.3) is 0 Å². The first kappa shape index (κ1) is 19.0. The maximum Gasteiger partial charge on any atom is 0.269 e. The van der Waals surface area contributed by atoms with Gasteiger partial charge in [-0.15, -0.1) is 0 Å². The predicted octanol–water partition coefficient (Wildman–Crippen LogP) is 1.79. The first-order valence-corrected chi connectivity index (χ1v) is 9.09. The van der Waals surface area contributed by atoms with E-state index in [9.17, 15) is 4.79 Å². The lowest BCUT2D eigenvalue weighted by atomic mass is 10.2. The van der Waals surface area contributed by atoms with Crippen LogP contribution in [0.2, 0.25) is 0 Å². The number of carbonyl (C=O) groups excluding carboxylic acids is 1. The molecule has 1 aliphatic rings. The van der Waals surface area contributed by atoms with Crippen LogP contribution >= 0.6 is 0 Å². The molecule has 3 rings (SSSR count). The van der Waals surface area contributed by atoms with Gasteiger partial charge in [0.1, 0.15) is 11.4 Å². The second-order valence-corrected chi connectivity index (χ2v) is 6.30. The molecule has 7 nitrogen and oxygen atoms in total. The molecule has 1 aliphatic heterocycles. The third-order valence-corrected chi connectivity index (χ3v) is 4.64. The summed E-state index contributed by atoms with van der Waals surface area (Å²) in [6, 6.07) is 11.8. The molecule has 0 bridgehead atoms. The molecule has 0 aliphatic carbocycles. The van der Waals surface area contributed by atoms with Crippen LogP contribution in [-0.4, -0.2) is 64.4 Å². The Hall–Kier alpha value is -2.80. The monoisotopic (exact) mass is 370 g/mol. The van der Waals surface area contributed by atoms with Crippen molar-refractivity contribution in [1.29, 1.82) is 0 Å². The lowest BCUT2D eigenvalue weighted by Gasteiger charge is -2.37. The highest BCUT2D eigenvalue weighted by Crippen LogP contribution is 2.29. The maximum atomic E-state index is 12.0. The van der Waals surface area contributed by atoms with Crippen molar-refractivity contribution in [2.24, 2.45) is 0 Å². The van der Waals surface area contributed by atoms with Gasteiger partial charge in [-0.25, -0.2) is 4.98 Å². The molecule has 0 atom stereocenters. The molecule has 1 aromatic carbocycles. The molecule has 1 N–H and O–H groups in total. The Morgan fingerprint density at radius 3 is 2.48 bits per heavy atom. The first-order chi connectivity index (χ1) is 13.2. The van der Waals surface area contributed by atoms with Crippen LogP contribution in [0.4, 0.5) is 11.4 Å².